The average molecular weight is 597 g/mol. The fourth-order valence-corrected chi connectivity index (χ4v) is 8.33. The minimum absolute atomic E-state index is 0.0252. The second-order valence-electron chi connectivity index (χ2n) is 13.2. The molecule has 0 aliphatic heterocycles. The topological polar surface area (TPSA) is 164 Å². The van der Waals surface area contributed by atoms with Crippen molar-refractivity contribution < 1.29 is 39.8 Å². The first kappa shape index (κ1) is 31.0. The highest BCUT2D eigenvalue weighted by molar-refractivity contribution is 6.05. The molecule has 0 radical (unpaired) electrons. The van der Waals surface area contributed by atoms with Crippen LogP contribution in [-0.2, 0) is 25.6 Å². The molecule has 4 N–H and O–H groups in total. The minimum Gasteiger partial charge on any atom is -0.871 e. The number of hydrogen-bond donors (Lipinski definition) is 4. The van der Waals surface area contributed by atoms with Crippen LogP contribution in [0.3, 0.4) is 0 Å². The van der Waals surface area contributed by atoms with Crippen molar-refractivity contribution >= 4 is 23.3 Å². The highest BCUT2D eigenvalue weighted by Gasteiger charge is 2.62. The van der Waals surface area contributed by atoms with Gasteiger partial charge >= 0.3 is 5.97 Å². The van der Waals surface area contributed by atoms with Crippen LogP contribution in [0, 0.1) is 28.6 Å². The largest absolute Gasteiger partial charge is 0.871 e. The lowest BCUT2D eigenvalue weighted by Gasteiger charge is -2.58. The number of hydrogen-bond acceptors (Lipinski definition) is 10. The summed E-state index contributed by atoms with van der Waals surface area (Å²) in [5.41, 5.74) is 1.25. The molecule has 0 bridgehead atoms. The Hall–Kier alpha value is -3.41. The van der Waals surface area contributed by atoms with E-state index in [4.69, 9.17) is 9.57 Å². The summed E-state index contributed by atoms with van der Waals surface area (Å²) in [5.74, 6) is -0.302. The quantitative estimate of drug-likeness (QED) is 0.260. The fourth-order valence-electron chi connectivity index (χ4n) is 8.33. The zero-order chi connectivity index (χ0) is 31.2. The van der Waals surface area contributed by atoms with Crippen molar-refractivity contribution in [2.45, 2.75) is 77.4 Å². The van der Waals surface area contributed by atoms with E-state index in [0.717, 1.165) is 44.6 Å². The molecule has 0 spiro atoms. The van der Waals surface area contributed by atoms with Crippen LogP contribution < -0.4 is 15.6 Å². The van der Waals surface area contributed by atoms with Gasteiger partial charge in [0.05, 0.1) is 18.4 Å². The van der Waals surface area contributed by atoms with E-state index in [1.807, 2.05) is 13.0 Å². The Morgan fingerprint density at radius 3 is 2.63 bits per heavy atom. The van der Waals surface area contributed by atoms with Crippen molar-refractivity contribution in [2.75, 3.05) is 18.9 Å². The molecule has 1 aromatic carbocycles. The zero-order valence-corrected chi connectivity index (χ0v) is 25.2. The Labute approximate surface area is 251 Å². The average Bonchev–Trinajstić information content (AvgIpc) is 3.21. The van der Waals surface area contributed by atoms with E-state index in [2.05, 4.69) is 36.5 Å². The molecule has 234 valence electrons. The molecule has 1 aromatic rings. The standard InChI is InChI=1S/C32H43N3O8/c1-30-12-9-21(17-20(30)6-7-22-23(30)10-13-31(2)24(22)11-14-32(31,3)39)34-43-18-28(37)33-25(29(38)42-4)15-19-5-8-27(36)26(16-19)35(40)41/h5,8-9,12,16-17,22-25,36,39-41H,6-7,10-11,13-15,18H2,1-4H3,(H,33,37)/p-1/t22-,23+,24-,25-,30-,31-,32-/m0/s1. The van der Waals surface area contributed by atoms with E-state index in [-0.39, 0.29) is 28.2 Å². The SMILES string of the molecule is COC(=O)[C@H](Cc1ccc([O-])c(N(O)O)c1)NC(=O)CON=C1C=C[C@@]2(C)C(=C1)CC[C@H]1[C@H]2CC[C@@]2(C)[C@H]1CC[C@]2(C)O. The molecule has 4 aliphatic rings. The lowest BCUT2D eigenvalue weighted by atomic mass is 9.47. The highest BCUT2D eigenvalue weighted by atomic mass is 16.8. The van der Waals surface area contributed by atoms with Crippen LogP contribution in [0.25, 0.3) is 0 Å². The van der Waals surface area contributed by atoms with E-state index in [1.54, 1.807) is 0 Å². The molecule has 11 nitrogen and oxygen atoms in total. The lowest BCUT2D eigenvalue weighted by molar-refractivity contribution is -0.268. The second kappa shape index (κ2) is 11.6. The molecule has 0 aromatic heterocycles. The molecule has 11 heteroatoms. The number of anilines is 1. The van der Waals surface area contributed by atoms with Crippen LogP contribution in [-0.4, -0.2) is 58.5 Å². The van der Waals surface area contributed by atoms with E-state index in [1.165, 1.54) is 24.8 Å². The summed E-state index contributed by atoms with van der Waals surface area (Å²) in [6, 6.07) is 2.67. The van der Waals surface area contributed by atoms with Gasteiger partial charge in [-0.1, -0.05) is 48.5 Å². The van der Waals surface area contributed by atoms with Gasteiger partial charge in [0.1, 0.15) is 11.8 Å². The number of nitrogens with zero attached hydrogens (tertiary/aromatic N) is 2. The Bertz CT molecular complexity index is 1350. The van der Waals surface area contributed by atoms with Gasteiger partial charge in [0.25, 0.3) is 5.91 Å². The summed E-state index contributed by atoms with van der Waals surface area (Å²) in [6.07, 6.45) is 12.3. The molecule has 3 fully saturated rings. The molecule has 0 unspecified atom stereocenters. The molecule has 1 amide bonds. The molecular weight excluding hydrogens is 554 g/mol. The third-order valence-corrected chi connectivity index (χ3v) is 11.0. The predicted octanol–water partition coefficient (Wildman–Crippen LogP) is 3.41. The van der Waals surface area contributed by atoms with E-state index >= 15 is 0 Å². The number of fused-ring (bicyclic) bond motifs is 5. The number of methoxy groups -OCH3 is 1. The number of esters is 1. The van der Waals surface area contributed by atoms with Crippen molar-refractivity contribution in [3.63, 3.8) is 0 Å². The number of aliphatic hydroxyl groups is 1. The summed E-state index contributed by atoms with van der Waals surface area (Å²) in [4.78, 5) is 30.3. The maximum atomic E-state index is 12.6. The number of oxime groups is 1. The van der Waals surface area contributed by atoms with Crippen LogP contribution in [0.5, 0.6) is 5.75 Å². The summed E-state index contributed by atoms with van der Waals surface area (Å²) >= 11 is 0. The monoisotopic (exact) mass is 596 g/mol. The Kier molecular flexibility index (Phi) is 8.36. The van der Waals surface area contributed by atoms with E-state index < -0.39 is 35.9 Å². The van der Waals surface area contributed by atoms with Crippen LogP contribution >= 0.6 is 0 Å². The third-order valence-electron chi connectivity index (χ3n) is 11.0. The van der Waals surface area contributed by atoms with Gasteiger partial charge < -0.3 is 25.1 Å². The summed E-state index contributed by atoms with van der Waals surface area (Å²) < 4.78 is 4.80. The molecule has 4 aliphatic carbocycles. The molecule has 43 heavy (non-hydrogen) atoms. The smallest absolute Gasteiger partial charge is 0.328 e. The van der Waals surface area contributed by atoms with Gasteiger partial charge in [-0.3, -0.25) is 15.2 Å². The molecule has 7 atom stereocenters. The summed E-state index contributed by atoms with van der Waals surface area (Å²) in [6.45, 7) is 6.20. The Morgan fingerprint density at radius 2 is 1.91 bits per heavy atom. The second-order valence-corrected chi connectivity index (χ2v) is 13.2. The Balaban J connectivity index is 1.20. The van der Waals surface area contributed by atoms with Crippen molar-refractivity contribution in [3.05, 3.63) is 47.6 Å². The zero-order valence-electron chi connectivity index (χ0n) is 25.2. The van der Waals surface area contributed by atoms with Gasteiger partial charge in [0.15, 0.2) is 6.61 Å². The number of carbonyl (C=O) groups excluding carboxylic acids is 2. The van der Waals surface area contributed by atoms with Gasteiger partial charge in [-0.25, -0.2) is 4.79 Å². The normalized spacial score (nSPS) is 34.3. The van der Waals surface area contributed by atoms with E-state index in [9.17, 15) is 30.2 Å². The molecule has 0 saturated heterocycles. The molecule has 5 rings (SSSR count). The minimum atomic E-state index is -1.10. The highest BCUT2D eigenvalue weighted by Crippen LogP contribution is 2.66. The maximum absolute atomic E-state index is 12.6. The van der Waals surface area contributed by atoms with Crippen LogP contribution in [0.15, 0.2) is 47.2 Å². The third kappa shape index (κ3) is 5.65. The predicted molar refractivity (Wildman–Crippen MR) is 155 cm³/mol. The van der Waals surface area contributed by atoms with Gasteiger partial charge in [0.2, 0.25) is 0 Å². The first-order chi connectivity index (χ1) is 20.3. The van der Waals surface area contributed by atoms with Crippen LogP contribution in [0.4, 0.5) is 5.69 Å². The van der Waals surface area contributed by atoms with Crippen molar-refractivity contribution in [3.8, 4) is 5.75 Å². The number of amides is 1. The maximum Gasteiger partial charge on any atom is 0.328 e. The lowest BCUT2D eigenvalue weighted by Crippen LogP contribution is -2.53. The van der Waals surface area contributed by atoms with Crippen molar-refractivity contribution in [1.82, 2.24) is 5.32 Å². The fraction of sp³-hybridized carbons (Fsp3) is 0.594. The summed E-state index contributed by atoms with van der Waals surface area (Å²) in [7, 11) is 1.19. The molecular formula is C32H42N3O8-. The number of rotatable bonds is 8. The number of allylic oxidation sites excluding steroid dienone is 4. The number of nitrogens with one attached hydrogen (secondary N) is 1. The molecule has 0 heterocycles. The van der Waals surface area contributed by atoms with Crippen molar-refractivity contribution in [1.29, 1.82) is 0 Å². The molecule has 3 saturated carbocycles. The number of ether oxygens (including phenoxy) is 1. The van der Waals surface area contributed by atoms with E-state index in [0.29, 0.717) is 29.0 Å². The van der Waals surface area contributed by atoms with Crippen LogP contribution in [0.1, 0.15) is 64.9 Å². The number of benzene rings is 1. The Morgan fingerprint density at radius 1 is 1.16 bits per heavy atom. The first-order valence-corrected chi connectivity index (χ1v) is 15.0. The van der Waals surface area contributed by atoms with Gasteiger partial charge in [-0.15, -0.1) is 5.23 Å². The number of carbonyl (C=O) groups is 2. The first-order valence-electron chi connectivity index (χ1n) is 15.0. The summed E-state index contributed by atoms with van der Waals surface area (Å²) in [5, 5.41) is 47.8. The van der Waals surface area contributed by atoms with Gasteiger partial charge in [0, 0.05) is 11.8 Å². The van der Waals surface area contributed by atoms with Gasteiger partial charge in [-0.2, -0.15) is 0 Å². The van der Waals surface area contributed by atoms with Gasteiger partial charge in [-0.05, 0) is 92.4 Å². The van der Waals surface area contributed by atoms with Crippen LogP contribution in [0.2, 0.25) is 0 Å². The van der Waals surface area contributed by atoms with Crippen molar-refractivity contribution in [2.24, 2.45) is 33.7 Å².